The number of aryl methyl sites for hydroxylation is 1. The predicted molar refractivity (Wildman–Crippen MR) is 108 cm³/mol. The minimum atomic E-state index is -0.426. The van der Waals surface area contributed by atoms with Crippen molar-refractivity contribution in [3.05, 3.63) is 63.1 Å². The summed E-state index contributed by atoms with van der Waals surface area (Å²) in [7, 11) is 4.63. The minimum Gasteiger partial charge on any atom is -0.497 e. The molecule has 29 heavy (non-hydrogen) atoms. The standard InChI is InChI=1S/C20H18N6O3/c1-24-18-16(19(27)25(2)20(24)28)22-17(23-18)14-11-21-26(12-14)10-4-5-13-6-8-15(29-3)9-7-13/h6-9,11-12H,10H2,1-3H3,(H,22,23). The van der Waals surface area contributed by atoms with Crippen LogP contribution < -0.4 is 16.0 Å². The SMILES string of the molecule is COc1ccc(C#CCn2cc(-c3nc4c([nH]3)c(=O)n(C)c(=O)n4C)cn2)cc1. The average molecular weight is 390 g/mol. The molecule has 0 aliphatic heterocycles. The van der Waals surface area contributed by atoms with Gasteiger partial charge in [0.15, 0.2) is 5.65 Å². The number of aromatic amines is 1. The highest BCUT2D eigenvalue weighted by Crippen LogP contribution is 2.17. The molecule has 0 saturated heterocycles. The van der Waals surface area contributed by atoms with Gasteiger partial charge < -0.3 is 9.72 Å². The zero-order valence-electron chi connectivity index (χ0n) is 16.1. The molecule has 4 aromatic rings. The van der Waals surface area contributed by atoms with Crippen LogP contribution in [-0.4, -0.2) is 36.0 Å². The van der Waals surface area contributed by atoms with Crippen LogP contribution in [0, 0.1) is 11.8 Å². The Morgan fingerprint density at radius 2 is 1.90 bits per heavy atom. The van der Waals surface area contributed by atoms with Crippen LogP contribution in [-0.2, 0) is 20.6 Å². The fourth-order valence-electron chi connectivity index (χ4n) is 2.93. The Kier molecular flexibility index (Phi) is 4.52. The molecule has 1 aromatic carbocycles. The Balaban J connectivity index is 1.59. The highest BCUT2D eigenvalue weighted by Gasteiger charge is 2.15. The first kappa shape index (κ1) is 18.3. The number of benzene rings is 1. The number of aromatic nitrogens is 6. The number of hydrogen-bond donors (Lipinski definition) is 1. The van der Waals surface area contributed by atoms with Crippen LogP contribution in [0.1, 0.15) is 5.56 Å². The molecule has 0 unspecified atom stereocenters. The molecule has 3 heterocycles. The first-order valence-electron chi connectivity index (χ1n) is 8.79. The minimum absolute atomic E-state index is 0.275. The van der Waals surface area contributed by atoms with E-state index >= 15 is 0 Å². The number of imidazole rings is 1. The van der Waals surface area contributed by atoms with Crippen molar-refractivity contribution in [1.29, 1.82) is 0 Å². The molecule has 0 atom stereocenters. The second kappa shape index (κ2) is 7.16. The van der Waals surface area contributed by atoms with E-state index in [9.17, 15) is 9.59 Å². The Labute approximate surface area is 165 Å². The zero-order chi connectivity index (χ0) is 20.5. The normalized spacial score (nSPS) is 10.7. The Morgan fingerprint density at radius 1 is 1.14 bits per heavy atom. The first-order chi connectivity index (χ1) is 14.0. The quantitative estimate of drug-likeness (QED) is 0.524. The third kappa shape index (κ3) is 3.32. The molecule has 9 heteroatoms. The number of fused-ring (bicyclic) bond motifs is 1. The molecule has 0 saturated carbocycles. The topological polar surface area (TPSA) is 99.7 Å². The number of H-pyrrole nitrogens is 1. The van der Waals surface area contributed by atoms with E-state index in [1.807, 2.05) is 24.3 Å². The van der Waals surface area contributed by atoms with E-state index in [0.717, 1.165) is 15.9 Å². The van der Waals surface area contributed by atoms with Crippen molar-refractivity contribution in [2.45, 2.75) is 6.54 Å². The molecule has 0 aliphatic carbocycles. The third-order valence-electron chi connectivity index (χ3n) is 4.57. The van der Waals surface area contributed by atoms with Gasteiger partial charge in [-0.05, 0) is 24.3 Å². The van der Waals surface area contributed by atoms with Gasteiger partial charge in [-0.15, -0.1) is 0 Å². The number of methoxy groups -OCH3 is 1. The Bertz CT molecular complexity index is 1380. The molecule has 0 bridgehead atoms. The van der Waals surface area contributed by atoms with E-state index in [1.165, 1.54) is 11.6 Å². The smallest absolute Gasteiger partial charge is 0.332 e. The molecule has 0 spiro atoms. The summed E-state index contributed by atoms with van der Waals surface area (Å²) in [5, 5.41) is 4.28. The van der Waals surface area contributed by atoms with Crippen molar-refractivity contribution < 1.29 is 4.74 Å². The van der Waals surface area contributed by atoms with Crippen LogP contribution in [0.15, 0.2) is 46.2 Å². The van der Waals surface area contributed by atoms with Crippen molar-refractivity contribution in [2.24, 2.45) is 14.1 Å². The van der Waals surface area contributed by atoms with Crippen molar-refractivity contribution in [2.75, 3.05) is 7.11 Å². The lowest BCUT2D eigenvalue weighted by Crippen LogP contribution is -2.36. The van der Waals surface area contributed by atoms with Gasteiger partial charge in [0.2, 0.25) is 0 Å². The molecular formula is C20H18N6O3. The highest BCUT2D eigenvalue weighted by molar-refractivity contribution is 5.75. The van der Waals surface area contributed by atoms with Crippen molar-refractivity contribution >= 4 is 11.2 Å². The van der Waals surface area contributed by atoms with Crippen LogP contribution in [0.25, 0.3) is 22.6 Å². The van der Waals surface area contributed by atoms with Gasteiger partial charge >= 0.3 is 5.69 Å². The van der Waals surface area contributed by atoms with Gasteiger partial charge in [-0.3, -0.25) is 18.6 Å². The van der Waals surface area contributed by atoms with Gasteiger partial charge in [-0.2, -0.15) is 5.10 Å². The monoisotopic (exact) mass is 390 g/mol. The summed E-state index contributed by atoms with van der Waals surface area (Å²) < 4.78 is 9.18. The molecule has 0 amide bonds. The van der Waals surface area contributed by atoms with E-state index in [0.29, 0.717) is 23.6 Å². The van der Waals surface area contributed by atoms with Crippen LogP contribution in [0.4, 0.5) is 0 Å². The van der Waals surface area contributed by atoms with Crippen LogP contribution in [0.5, 0.6) is 5.75 Å². The van der Waals surface area contributed by atoms with Crippen LogP contribution >= 0.6 is 0 Å². The predicted octanol–water partition coefficient (Wildman–Crippen LogP) is 0.884. The third-order valence-corrected chi connectivity index (χ3v) is 4.57. The van der Waals surface area contributed by atoms with Gasteiger partial charge in [0.05, 0.1) is 18.9 Å². The summed E-state index contributed by atoms with van der Waals surface area (Å²) in [6.45, 7) is 0.395. The maximum atomic E-state index is 12.3. The average Bonchev–Trinajstić information content (AvgIpc) is 3.38. The second-order valence-electron chi connectivity index (χ2n) is 6.45. The molecule has 3 aromatic heterocycles. The Hall–Kier alpha value is -4.06. The van der Waals surface area contributed by atoms with Gasteiger partial charge in [0, 0.05) is 25.9 Å². The Morgan fingerprint density at radius 3 is 2.62 bits per heavy atom. The number of nitrogens with one attached hydrogen (secondary N) is 1. The van der Waals surface area contributed by atoms with Crippen LogP contribution in [0.3, 0.4) is 0 Å². The van der Waals surface area contributed by atoms with Crippen molar-refractivity contribution in [3.8, 4) is 29.0 Å². The number of ether oxygens (including phenoxy) is 1. The number of hydrogen-bond acceptors (Lipinski definition) is 5. The fraction of sp³-hybridized carbons (Fsp3) is 0.200. The molecule has 146 valence electrons. The molecule has 0 aliphatic rings. The lowest BCUT2D eigenvalue weighted by Gasteiger charge is -2.00. The maximum absolute atomic E-state index is 12.3. The van der Waals surface area contributed by atoms with Crippen molar-refractivity contribution in [1.82, 2.24) is 28.9 Å². The second-order valence-corrected chi connectivity index (χ2v) is 6.45. The van der Waals surface area contributed by atoms with E-state index in [4.69, 9.17) is 4.74 Å². The lowest BCUT2D eigenvalue weighted by molar-refractivity contribution is 0.415. The molecule has 0 radical (unpaired) electrons. The summed E-state index contributed by atoms with van der Waals surface area (Å²) >= 11 is 0. The van der Waals surface area contributed by atoms with Crippen molar-refractivity contribution in [3.63, 3.8) is 0 Å². The summed E-state index contributed by atoms with van der Waals surface area (Å²) in [5.41, 5.74) is 1.32. The zero-order valence-corrected chi connectivity index (χ0v) is 16.1. The van der Waals surface area contributed by atoms with E-state index < -0.39 is 11.2 Å². The number of nitrogens with zero attached hydrogens (tertiary/aromatic N) is 5. The van der Waals surface area contributed by atoms with Gasteiger partial charge in [-0.25, -0.2) is 9.78 Å². The first-order valence-corrected chi connectivity index (χ1v) is 8.79. The molecule has 9 nitrogen and oxygen atoms in total. The van der Waals surface area contributed by atoms with E-state index in [1.54, 1.807) is 31.2 Å². The molecular weight excluding hydrogens is 372 g/mol. The van der Waals surface area contributed by atoms with Gasteiger partial charge in [0.25, 0.3) is 5.56 Å². The van der Waals surface area contributed by atoms with Gasteiger partial charge in [0.1, 0.15) is 23.6 Å². The van der Waals surface area contributed by atoms with E-state index in [-0.39, 0.29) is 5.52 Å². The summed E-state index contributed by atoms with van der Waals surface area (Å²) in [4.78, 5) is 31.7. The van der Waals surface area contributed by atoms with Gasteiger partial charge in [-0.1, -0.05) is 11.8 Å². The lowest BCUT2D eigenvalue weighted by atomic mass is 10.2. The largest absolute Gasteiger partial charge is 0.497 e. The fourth-order valence-corrected chi connectivity index (χ4v) is 2.93. The molecule has 1 N–H and O–H groups in total. The molecule has 4 rings (SSSR count). The number of rotatable bonds is 3. The maximum Gasteiger partial charge on any atom is 0.332 e. The summed E-state index contributed by atoms with van der Waals surface area (Å²) in [6.07, 6.45) is 3.42. The molecule has 0 fully saturated rings. The van der Waals surface area contributed by atoms with Crippen LogP contribution in [0.2, 0.25) is 0 Å². The highest BCUT2D eigenvalue weighted by atomic mass is 16.5. The summed E-state index contributed by atoms with van der Waals surface area (Å²) in [5.74, 6) is 7.38. The summed E-state index contributed by atoms with van der Waals surface area (Å²) in [6, 6.07) is 7.49. The van der Waals surface area contributed by atoms with E-state index in [2.05, 4.69) is 26.9 Å².